The van der Waals surface area contributed by atoms with Crippen molar-refractivity contribution >= 4 is 11.9 Å². The minimum Gasteiger partial charge on any atom is -0.425 e. The molecule has 1 aromatic heterocycles. The summed E-state index contributed by atoms with van der Waals surface area (Å²) in [5, 5.41) is 0. The van der Waals surface area contributed by atoms with E-state index in [1.54, 1.807) is 18.3 Å². The first kappa shape index (κ1) is 29.6. The van der Waals surface area contributed by atoms with Gasteiger partial charge in [-0.1, -0.05) is 79.8 Å². The van der Waals surface area contributed by atoms with Gasteiger partial charge < -0.3 is 9.47 Å². The van der Waals surface area contributed by atoms with Crippen LogP contribution >= 0.6 is 0 Å². The van der Waals surface area contributed by atoms with Crippen LogP contribution in [0.5, 0.6) is 0 Å². The molecule has 1 unspecified atom stereocenters. The second-order valence-electron chi connectivity index (χ2n) is 7.66. The van der Waals surface area contributed by atoms with Gasteiger partial charge in [-0.2, -0.15) is 0 Å². The Balaban J connectivity index is 2.04. The Labute approximate surface area is 210 Å². The Morgan fingerprint density at radius 2 is 1.31 bits per heavy atom. The Kier molecular flexibility index (Phi) is 17.8. The van der Waals surface area contributed by atoms with Crippen molar-refractivity contribution in [1.29, 1.82) is 0 Å². The highest BCUT2D eigenvalue weighted by Gasteiger charge is 2.15. The highest BCUT2D eigenvalue weighted by atomic mass is 16.7. The zero-order chi connectivity index (χ0) is 25.4. The van der Waals surface area contributed by atoms with Crippen LogP contribution in [-0.4, -0.2) is 23.2 Å². The molecule has 0 aromatic carbocycles. The largest absolute Gasteiger partial charge is 0.425 e. The van der Waals surface area contributed by atoms with Gasteiger partial charge in [0.1, 0.15) is 0 Å². The molecule has 0 N–H and O–H groups in total. The second-order valence-corrected chi connectivity index (χ2v) is 7.66. The van der Waals surface area contributed by atoms with Crippen molar-refractivity contribution in [2.75, 3.05) is 0 Å². The van der Waals surface area contributed by atoms with E-state index in [4.69, 9.17) is 9.47 Å². The summed E-state index contributed by atoms with van der Waals surface area (Å²) in [6.45, 7) is 3.66. The molecule has 0 aliphatic rings. The molecule has 0 fully saturated rings. The molecule has 5 nitrogen and oxygen atoms in total. The van der Waals surface area contributed by atoms with Crippen LogP contribution in [-0.2, 0) is 14.3 Å². The van der Waals surface area contributed by atoms with E-state index in [9.17, 15) is 9.59 Å². The predicted octanol–water partition coefficient (Wildman–Crippen LogP) is 7.61. The van der Waals surface area contributed by atoms with Gasteiger partial charge in [0.15, 0.2) is 0 Å². The van der Waals surface area contributed by atoms with Crippen LogP contribution in [0, 0.1) is 0 Å². The van der Waals surface area contributed by atoms with Gasteiger partial charge in [-0.25, -0.2) is 4.79 Å². The molecular weight excluding hydrogens is 438 g/mol. The summed E-state index contributed by atoms with van der Waals surface area (Å²) >= 11 is 0. The van der Waals surface area contributed by atoms with E-state index < -0.39 is 18.2 Å². The van der Waals surface area contributed by atoms with Crippen LogP contribution in [0.3, 0.4) is 0 Å². The van der Waals surface area contributed by atoms with Gasteiger partial charge in [-0.3, -0.25) is 9.78 Å². The van der Waals surface area contributed by atoms with Crippen LogP contribution in [0.25, 0.3) is 0 Å². The molecule has 1 heterocycles. The number of carbonyl (C=O) groups is 2. The maximum atomic E-state index is 11.9. The van der Waals surface area contributed by atoms with Crippen molar-refractivity contribution in [3.05, 3.63) is 103 Å². The highest BCUT2D eigenvalue weighted by molar-refractivity contribution is 5.89. The Bertz CT molecular complexity index is 879. The molecule has 0 aliphatic heterocycles. The lowest BCUT2D eigenvalue weighted by Gasteiger charge is -2.13. The molecule has 0 saturated heterocycles. The van der Waals surface area contributed by atoms with Gasteiger partial charge in [-0.15, -0.1) is 0 Å². The highest BCUT2D eigenvalue weighted by Crippen LogP contribution is 2.06. The monoisotopic (exact) mass is 477 g/mol. The van der Waals surface area contributed by atoms with Crippen LogP contribution in [0.15, 0.2) is 97.4 Å². The first-order valence-corrected chi connectivity index (χ1v) is 12.3. The maximum absolute atomic E-state index is 11.9. The van der Waals surface area contributed by atoms with Crippen molar-refractivity contribution in [3.63, 3.8) is 0 Å². The first-order chi connectivity index (χ1) is 17.1. The fourth-order valence-electron chi connectivity index (χ4n) is 2.81. The molecule has 35 heavy (non-hydrogen) atoms. The SMILES string of the molecule is CC/C=C\C/C=C\C/C=C\C/C=C\C/C=C\C/C=C\CCC(=O)OC(C)OC(=O)c1cccnc1. The fourth-order valence-corrected chi connectivity index (χ4v) is 2.81. The van der Waals surface area contributed by atoms with Crippen molar-refractivity contribution in [2.24, 2.45) is 0 Å². The minimum absolute atomic E-state index is 0.233. The Morgan fingerprint density at radius 1 is 0.800 bits per heavy atom. The molecule has 0 saturated carbocycles. The molecular formula is C30H39NO4. The quantitative estimate of drug-likeness (QED) is 0.131. The maximum Gasteiger partial charge on any atom is 0.342 e. The third-order valence-electron chi connectivity index (χ3n) is 4.58. The van der Waals surface area contributed by atoms with Gasteiger partial charge in [0.25, 0.3) is 0 Å². The normalized spacial score (nSPS) is 13.2. The third-order valence-corrected chi connectivity index (χ3v) is 4.58. The summed E-state index contributed by atoms with van der Waals surface area (Å²) in [5.74, 6) is -0.980. The van der Waals surface area contributed by atoms with Gasteiger partial charge in [-0.05, 0) is 57.1 Å². The lowest BCUT2D eigenvalue weighted by Crippen LogP contribution is -2.21. The van der Waals surface area contributed by atoms with Crippen LogP contribution in [0.4, 0.5) is 0 Å². The van der Waals surface area contributed by atoms with E-state index >= 15 is 0 Å². The number of nitrogens with zero attached hydrogens (tertiary/aromatic N) is 1. The summed E-state index contributed by atoms with van der Waals surface area (Å²) < 4.78 is 10.2. The van der Waals surface area contributed by atoms with Gasteiger partial charge in [0.05, 0.1) is 5.56 Å². The van der Waals surface area contributed by atoms with E-state index in [0.29, 0.717) is 12.0 Å². The zero-order valence-electron chi connectivity index (χ0n) is 21.1. The molecule has 0 aliphatic carbocycles. The van der Waals surface area contributed by atoms with Crippen LogP contribution in [0.2, 0.25) is 0 Å². The number of ether oxygens (including phenoxy) is 2. The first-order valence-electron chi connectivity index (χ1n) is 12.3. The van der Waals surface area contributed by atoms with E-state index in [0.717, 1.165) is 38.5 Å². The molecule has 0 spiro atoms. The van der Waals surface area contributed by atoms with Gasteiger partial charge >= 0.3 is 11.9 Å². The Hall–Kier alpha value is -3.47. The number of hydrogen-bond acceptors (Lipinski definition) is 5. The van der Waals surface area contributed by atoms with Crippen LogP contribution in [0.1, 0.15) is 75.6 Å². The summed E-state index contributed by atoms with van der Waals surface area (Å²) in [5.41, 5.74) is 0.313. The van der Waals surface area contributed by atoms with E-state index in [-0.39, 0.29) is 6.42 Å². The predicted molar refractivity (Wildman–Crippen MR) is 143 cm³/mol. The summed E-state index contributed by atoms with van der Waals surface area (Å²) in [6, 6.07) is 3.23. The number of rotatable bonds is 17. The van der Waals surface area contributed by atoms with Crippen molar-refractivity contribution in [2.45, 2.75) is 71.5 Å². The van der Waals surface area contributed by atoms with Gasteiger partial charge in [0.2, 0.25) is 6.29 Å². The molecule has 5 heteroatoms. The molecule has 0 radical (unpaired) electrons. The zero-order valence-corrected chi connectivity index (χ0v) is 21.1. The molecule has 0 bridgehead atoms. The minimum atomic E-state index is -0.944. The lowest BCUT2D eigenvalue weighted by molar-refractivity contribution is -0.165. The second kappa shape index (κ2) is 21.1. The molecule has 0 amide bonds. The number of hydrogen-bond donors (Lipinski definition) is 0. The average molecular weight is 478 g/mol. The van der Waals surface area contributed by atoms with Crippen molar-refractivity contribution < 1.29 is 19.1 Å². The van der Waals surface area contributed by atoms with E-state index in [1.165, 1.54) is 13.1 Å². The van der Waals surface area contributed by atoms with Crippen molar-refractivity contribution in [1.82, 2.24) is 4.98 Å². The standard InChI is InChI=1S/C30H39NO4/c1-3-4-5-6-7-8-9-10-11-12-13-14-15-16-17-18-19-20-21-24-29(32)34-27(2)35-30(33)28-23-22-25-31-26-28/h4-5,7-8,10-11,13-14,16-17,19-20,22-23,25-27H,3,6,9,12,15,18,21,24H2,1-2H3/b5-4-,8-7-,11-10-,14-13-,17-16-,20-19-. The number of aromatic nitrogens is 1. The molecule has 1 atom stereocenters. The van der Waals surface area contributed by atoms with E-state index in [1.807, 2.05) is 12.2 Å². The molecule has 1 rings (SSSR count). The average Bonchev–Trinajstić information content (AvgIpc) is 2.85. The topological polar surface area (TPSA) is 65.5 Å². The van der Waals surface area contributed by atoms with E-state index in [2.05, 4.69) is 72.7 Å². The smallest absolute Gasteiger partial charge is 0.342 e. The summed E-state index contributed by atoms with van der Waals surface area (Å²) in [4.78, 5) is 27.6. The number of allylic oxidation sites excluding steroid dienone is 12. The molecule has 1 aromatic rings. The van der Waals surface area contributed by atoms with Crippen LogP contribution < -0.4 is 0 Å². The number of pyridine rings is 1. The third kappa shape index (κ3) is 17.6. The lowest BCUT2D eigenvalue weighted by atomic mass is 10.2. The van der Waals surface area contributed by atoms with Crippen molar-refractivity contribution in [3.8, 4) is 0 Å². The number of carbonyl (C=O) groups excluding carboxylic acids is 2. The van der Waals surface area contributed by atoms with Gasteiger partial charge in [0, 0.05) is 25.7 Å². The summed E-state index contributed by atoms with van der Waals surface area (Å²) in [7, 11) is 0. The summed E-state index contributed by atoms with van der Waals surface area (Å²) in [6.07, 6.45) is 34.3. The fraction of sp³-hybridized carbons (Fsp3) is 0.367. The number of esters is 2. The molecule has 188 valence electrons. The Morgan fingerprint density at radius 3 is 1.80 bits per heavy atom.